The number of hydrogen-bond donors (Lipinski definition) is 3. The number of nitrogens with zero attached hydrogens (tertiary/aromatic N) is 2. The third kappa shape index (κ3) is 8.38. The Morgan fingerprint density at radius 1 is 1.16 bits per heavy atom. The lowest BCUT2D eigenvalue weighted by atomic mass is 9.98. The van der Waals surface area contributed by atoms with Crippen molar-refractivity contribution in [2.24, 2.45) is 10.9 Å². The number of ether oxygens (including phenoxy) is 1. The van der Waals surface area contributed by atoms with E-state index in [4.69, 9.17) is 4.74 Å². The van der Waals surface area contributed by atoms with Crippen molar-refractivity contribution < 1.29 is 9.84 Å². The summed E-state index contributed by atoms with van der Waals surface area (Å²) in [5.74, 6) is 1.45. The summed E-state index contributed by atoms with van der Waals surface area (Å²) in [6.07, 6.45) is 2.59. The summed E-state index contributed by atoms with van der Waals surface area (Å²) >= 11 is 0. The zero-order valence-corrected chi connectivity index (χ0v) is 17.0. The number of hydrogen-bond acceptors (Lipinski definition) is 4. The molecule has 1 rings (SSSR count). The molecule has 1 atom stereocenters. The molecule has 1 heterocycles. The first kappa shape index (κ1) is 22.2. The first-order valence-electron chi connectivity index (χ1n) is 10.00. The summed E-state index contributed by atoms with van der Waals surface area (Å²) in [6, 6.07) is 0.476. The van der Waals surface area contributed by atoms with Crippen molar-refractivity contribution in [1.29, 1.82) is 0 Å². The Bertz CT molecular complexity index is 378. The zero-order valence-electron chi connectivity index (χ0n) is 17.0. The molecule has 0 aliphatic carbocycles. The van der Waals surface area contributed by atoms with Crippen molar-refractivity contribution in [2.75, 3.05) is 45.9 Å². The topological polar surface area (TPSA) is 69.1 Å². The molecular formula is C19H40N4O2. The van der Waals surface area contributed by atoms with Gasteiger partial charge in [-0.2, -0.15) is 0 Å². The summed E-state index contributed by atoms with van der Waals surface area (Å²) in [4.78, 5) is 7.15. The molecule has 1 aliphatic heterocycles. The Labute approximate surface area is 154 Å². The maximum atomic E-state index is 10.5. The highest BCUT2D eigenvalue weighted by Gasteiger charge is 2.23. The van der Waals surface area contributed by atoms with Crippen LogP contribution in [-0.2, 0) is 4.74 Å². The predicted octanol–water partition coefficient (Wildman–Crippen LogP) is 1.84. The number of guanidine groups is 1. The van der Waals surface area contributed by atoms with Gasteiger partial charge >= 0.3 is 0 Å². The lowest BCUT2D eigenvalue weighted by Crippen LogP contribution is -2.51. The van der Waals surface area contributed by atoms with Crippen molar-refractivity contribution in [3.8, 4) is 0 Å². The Kier molecular flexibility index (Phi) is 10.4. The minimum atomic E-state index is -0.704. The number of aliphatic hydroxyl groups is 1. The standard InChI is InChI=1S/C19H40N4O2/c1-6-19(24,7-2)15-22-18(20-8-3)21-14-17(13-16(4)5)23-9-11-25-12-10-23/h16-17,24H,6-15H2,1-5H3,(H2,20,21,22). The number of nitrogens with one attached hydrogen (secondary N) is 2. The second-order valence-electron chi connectivity index (χ2n) is 7.44. The summed E-state index contributed by atoms with van der Waals surface area (Å²) in [6.45, 7) is 16.4. The van der Waals surface area contributed by atoms with Crippen molar-refractivity contribution in [2.45, 2.75) is 65.5 Å². The van der Waals surface area contributed by atoms with Crippen molar-refractivity contribution in [1.82, 2.24) is 15.5 Å². The molecule has 0 radical (unpaired) electrons. The highest BCUT2D eigenvalue weighted by atomic mass is 16.5. The molecule has 0 bridgehead atoms. The van der Waals surface area contributed by atoms with Crippen LogP contribution in [0.2, 0.25) is 0 Å². The van der Waals surface area contributed by atoms with Gasteiger partial charge in [-0.1, -0.05) is 27.7 Å². The molecule has 0 aromatic carbocycles. The lowest BCUT2D eigenvalue weighted by molar-refractivity contribution is 0.0132. The molecular weight excluding hydrogens is 316 g/mol. The SMILES string of the molecule is CCNC(=NCC(O)(CC)CC)NCC(CC(C)C)N1CCOCC1. The molecule has 1 aliphatic rings. The van der Waals surface area contributed by atoms with Gasteiger partial charge < -0.3 is 20.5 Å². The highest BCUT2D eigenvalue weighted by Crippen LogP contribution is 2.15. The number of rotatable bonds is 10. The Hall–Kier alpha value is -0.850. The zero-order chi connectivity index (χ0) is 18.7. The first-order chi connectivity index (χ1) is 11.9. The molecule has 0 saturated carbocycles. The largest absolute Gasteiger partial charge is 0.388 e. The second-order valence-corrected chi connectivity index (χ2v) is 7.44. The van der Waals surface area contributed by atoms with E-state index in [9.17, 15) is 5.11 Å². The average Bonchev–Trinajstić information content (AvgIpc) is 2.63. The minimum Gasteiger partial charge on any atom is -0.388 e. The molecule has 0 spiro atoms. The van der Waals surface area contributed by atoms with Crippen LogP contribution in [0.1, 0.15) is 53.9 Å². The van der Waals surface area contributed by atoms with E-state index >= 15 is 0 Å². The van der Waals surface area contributed by atoms with Gasteiger partial charge in [0.05, 0.1) is 25.4 Å². The van der Waals surface area contributed by atoms with Crippen LogP contribution in [0.25, 0.3) is 0 Å². The molecule has 6 heteroatoms. The molecule has 1 unspecified atom stereocenters. The van der Waals surface area contributed by atoms with Gasteiger partial charge in [-0.25, -0.2) is 0 Å². The minimum absolute atomic E-state index is 0.432. The van der Waals surface area contributed by atoms with Gasteiger partial charge in [0.2, 0.25) is 0 Å². The van der Waals surface area contributed by atoms with Gasteiger partial charge in [0.1, 0.15) is 0 Å². The van der Waals surface area contributed by atoms with Crippen LogP contribution >= 0.6 is 0 Å². The van der Waals surface area contributed by atoms with Gasteiger partial charge in [0, 0.05) is 32.2 Å². The van der Waals surface area contributed by atoms with E-state index in [0.717, 1.165) is 64.6 Å². The number of aliphatic imine (C=N–C) groups is 1. The van der Waals surface area contributed by atoms with Crippen LogP contribution in [0.15, 0.2) is 4.99 Å². The van der Waals surface area contributed by atoms with E-state index in [1.165, 1.54) is 0 Å². The van der Waals surface area contributed by atoms with E-state index in [2.05, 4.69) is 41.3 Å². The highest BCUT2D eigenvalue weighted by molar-refractivity contribution is 5.79. The molecule has 148 valence electrons. The quantitative estimate of drug-likeness (QED) is 0.412. The molecule has 0 aromatic heterocycles. The van der Waals surface area contributed by atoms with E-state index in [0.29, 0.717) is 18.5 Å². The van der Waals surface area contributed by atoms with Crippen LogP contribution in [0.4, 0.5) is 0 Å². The molecule has 3 N–H and O–H groups in total. The molecule has 25 heavy (non-hydrogen) atoms. The van der Waals surface area contributed by atoms with E-state index in [1.807, 2.05) is 13.8 Å². The molecule has 6 nitrogen and oxygen atoms in total. The molecule has 0 amide bonds. The Morgan fingerprint density at radius 2 is 1.80 bits per heavy atom. The van der Waals surface area contributed by atoms with Gasteiger partial charge in [0.25, 0.3) is 0 Å². The van der Waals surface area contributed by atoms with Crippen LogP contribution in [-0.4, -0.2) is 73.5 Å². The van der Waals surface area contributed by atoms with E-state index in [1.54, 1.807) is 0 Å². The van der Waals surface area contributed by atoms with Gasteiger partial charge in [-0.3, -0.25) is 9.89 Å². The van der Waals surface area contributed by atoms with Crippen LogP contribution in [0, 0.1) is 5.92 Å². The number of morpholine rings is 1. The van der Waals surface area contributed by atoms with Gasteiger partial charge in [-0.15, -0.1) is 0 Å². The van der Waals surface area contributed by atoms with Gasteiger partial charge in [0.15, 0.2) is 5.96 Å². The Balaban J connectivity index is 2.67. The van der Waals surface area contributed by atoms with Crippen molar-refractivity contribution >= 4 is 5.96 Å². The predicted molar refractivity (Wildman–Crippen MR) is 105 cm³/mol. The maximum absolute atomic E-state index is 10.5. The fourth-order valence-electron chi connectivity index (χ4n) is 3.10. The van der Waals surface area contributed by atoms with E-state index in [-0.39, 0.29) is 0 Å². The van der Waals surface area contributed by atoms with Crippen LogP contribution in [0.3, 0.4) is 0 Å². The summed E-state index contributed by atoms with van der Waals surface area (Å²) in [5.41, 5.74) is -0.704. The summed E-state index contributed by atoms with van der Waals surface area (Å²) < 4.78 is 5.49. The monoisotopic (exact) mass is 356 g/mol. The molecule has 1 fully saturated rings. The van der Waals surface area contributed by atoms with Crippen LogP contribution in [0.5, 0.6) is 0 Å². The smallest absolute Gasteiger partial charge is 0.191 e. The van der Waals surface area contributed by atoms with Crippen molar-refractivity contribution in [3.05, 3.63) is 0 Å². The third-order valence-corrected chi connectivity index (χ3v) is 5.00. The Morgan fingerprint density at radius 3 is 2.32 bits per heavy atom. The van der Waals surface area contributed by atoms with E-state index < -0.39 is 5.60 Å². The second kappa shape index (κ2) is 11.7. The summed E-state index contributed by atoms with van der Waals surface area (Å²) in [7, 11) is 0. The normalized spacial score (nSPS) is 18.4. The fraction of sp³-hybridized carbons (Fsp3) is 0.947. The first-order valence-corrected chi connectivity index (χ1v) is 10.00. The third-order valence-electron chi connectivity index (χ3n) is 5.00. The average molecular weight is 357 g/mol. The maximum Gasteiger partial charge on any atom is 0.191 e. The molecule has 0 aromatic rings. The van der Waals surface area contributed by atoms with Crippen molar-refractivity contribution in [3.63, 3.8) is 0 Å². The lowest BCUT2D eigenvalue weighted by Gasteiger charge is -2.36. The summed E-state index contributed by atoms with van der Waals surface area (Å²) in [5, 5.41) is 17.3. The fourth-order valence-corrected chi connectivity index (χ4v) is 3.10. The van der Waals surface area contributed by atoms with Gasteiger partial charge in [-0.05, 0) is 32.1 Å². The van der Waals surface area contributed by atoms with Crippen LogP contribution < -0.4 is 10.6 Å². The molecule has 1 saturated heterocycles.